The number of halogens is 1. The van der Waals surface area contributed by atoms with Crippen LogP contribution in [0.25, 0.3) is 0 Å². The predicted molar refractivity (Wildman–Crippen MR) is 103 cm³/mol. The van der Waals surface area contributed by atoms with Gasteiger partial charge in [-0.05, 0) is 24.6 Å². The molecule has 0 aliphatic carbocycles. The number of methoxy groups -OCH3 is 1. The number of aliphatic imine (C=N–C) groups is 1. The zero-order valence-corrected chi connectivity index (χ0v) is 15.8. The molecule has 0 fully saturated rings. The number of carbonyl (C=O) groups is 1. The van der Waals surface area contributed by atoms with E-state index in [2.05, 4.69) is 25.4 Å². The lowest BCUT2D eigenvalue weighted by Crippen LogP contribution is -2.37. The molecule has 4 rings (SSSR count). The van der Waals surface area contributed by atoms with Crippen molar-refractivity contribution < 1.29 is 13.9 Å². The van der Waals surface area contributed by atoms with Crippen LogP contribution in [0.15, 0.2) is 47.8 Å². The van der Waals surface area contributed by atoms with Crippen molar-refractivity contribution in [3.05, 3.63) is 65.6 Å². The summed E-state index contributed by atoms with van der Waals surface area (Å²) in [7, 11) is 1.47. The number of amidine groups is 1. The van der Waals surface area contributed by atoms with E-state index in [9.17, 15) is 9.18 Å². The van der Waals surface area contributed by atoms with Crippen LogP contribution in [0.2, 0.25) is 0 Å². The molecule has 3 N–H and O–H groups in total. The number of ether oxygens (including phenoxy) is 1. The van der Waals surface area contributed by atoms with Crippen molar-refractivity contribution in [1.82, 2.24) is 19.7 Å². The molecule has 2 aromatic heterocycles. The smallest absolute Gasteiger partial charge is 0.275 e. The van der Waals surface area contributed by atoms with Crippen LogP contribution in [0.4, 0.5) is 10.1 Å². The van der Waals surface area contributed by atoms with Crippen LogP contribution >= 0.6 is 0 Å². The molecule has 148 valence electrons. The Hall–Kier alpha value is -3.82. The summed E-state index contributed by atoms with van der Waals surface area (Å²) < 4.78 is 20.3. The summed E-state index contributed by atoms with van der Waals surface area (Å²) in [6.45, 7) is 2.19. The van der Waals surface area contributed by atoms with E-state index in [1.165, 1.54) is 24.2 Å². The van der Waals surface area contributed by atoms with E-state index in [1.807, 2.05) is 13.0 Å². The highest BCUT2D eigenvalue weighted by Gasteiger charge is 2.34. The number of rotatable bonds is 4. The molecule has 0 saturated heterocycles. The van der Waals surface area contributed by atoms with Crippen LogP contribution in [-0.2, 0) is 12.1 Å². The molecular formula is C19H18FN7O2. The van der Waals surface area contributed by atoms with Gasteiger partial charge in [-0.3, -0.25) is 14.5 Å². The third kappa shape index (κ3) is 3.40. The SMILES string of the molecule is COc1cnc(C(=O)Nc2cccc([C@@]3(C)Cn4ncc(F)c4C(N)=N3)c2)cn1. The number of hydrogen-bond acceptors (Lipinski definition) is 7. The molecule has 1 atom stereocenters. The Kier molecular flexibility index (Phi) is 4.45. The third-order valence-electron chi connectivity index (χ3n) is 4.67. The fourth-order valence-electron chi connectivity index (χ4n) is 3.20. The Labute approximate surface area is 165 Å². The Balaban J connectivity index is 1.59. The Morgan fingerprint density at radius 3 is 2.86 bits per heavy atom. The average Bonchev–Trinajstić information content (AvgIpc) is 3.09. The maximum absolute atomic E-state index is 13.8. The maximum atomic E-state index is 13.8. The van der Waals surface area contributed by atoms with E-state index >= 15 is 0 Å². The monoisotopic (exact) mass is 395 g/mol. The number of benzene rings is 1. The third-order valence-corrected chi connectivity index (χ3v) is 4.67. The summed E-state index contributed by atoms with van der Waals surface area (Å²) >= 11 is 0. The molecule has 29 heavy (non-hydrogen) atoms. The molecule has 0 spiro atoms. The van der Waals surface area contributed by atoms with E-state index in [0.29, 0.717) is 18.1 Å². The fraction of sp³-hybridized carbons (Fsp3) is 0.211. The quantitative estimate of drug-likeness (QED) is 0.694. The summed E-state index contributed by atoms with van der Waals surface area (Å²) in [5.41, 5.74) is 6.89. The molecule has 3 heterocycles. The molecule has 0 bridgehead atoms. The molecule has 3 aromatic rings. The van der Waals surface area contributed by atoms with Gasteiger partial charge in [0, 0.05) is 5.69 Å². The van der Waals surface area contributed by atoms with Crippen molar-refractivity contribution in [2.24, 2.45) is 10.7 Å². The number of nitrogens with zero attached hydrogens (tertiary/aromatic N) is 5. The van der Waals surface area contributed by atoms with Crippen LogP contribution in [-0.4, -0.2) is 38.6 Å². The van der Waals surface area contributed by atoms with Crippen molar-refractivity contribution in [3.8, 4) is 5.88 Å². The molecule has 1 aliphatic rings. The zero-order chi connectivity index (χ0) is 20.6. The van der Waals surface area contributed by atoms with Crippen molar-refractivity contribution >= 4 is 17.4 Å². The van der Waals surface area contributed by atoms with Gasteiger partial charge in [0.1, 0.15) is 22.8 Å². The zero-order valence-electron chi connectivity index (χ0n) is 15.8. The minimum atomic E-state index is -0.768. The van der Waals surface area contributed by atoms with Gasteiger partial charge in [0.15, 0.2) is 5.82 Å². The first-order valence-corrected chi connectivity index (χ1v) is 8.74. The lowest BCUT2D eigenvalue weighted by molar-refractivity contribution is 0.102. The van der Waals surface area contributed by atoms with E-state index in [-0.39, 0.29) is 17.2 Å². The topological polar surface area (TPSA) is 120 Å². The highest BCUT2D eigenvalue weighted by Crippen LogP contribution is 2.33. The molecule has 1 aliphatic heterocycles. The van der Waals surface area contributed by atoms with Gasteiger partial charge in [-0.15, -0.1) is 0 Å². The van der Waals surface area contributed by atoms with Crippen molar-refractivity contribution in [2.45, 2.75) is 19.0 Å². The summed E-state index contributed by atoms with van der Waals surface area (Å²) in [5, 5.41) is 6.82. The highest BCUT2D eigenvalue weighted by molar-refractivity contribution is 6.02. The second-order valence-electron chi connectivity index (χ2n) is 6.75. The number of anilines is 1. The fourth-order valence-corrected chi connectivity index (χ4v) is 3.20. The second-order valence-corrected chi connectivity index (χ2v) is 6.75. The Morgan fingerprint density at radius 1 is 1.31 bits per heavy atom. The number of nitrogens with one attached hydrogen (secondary N) is 1. The van der Waals surface area contributed by atoms with Gasteiger partial charge in [0.2, 0.25) is 5.88 Å². The van der Waals surface area contributed by atoms with Crippen LogP contribution in [0.1, 0.15) is 28.7 Å². The lowest BCUT2D eigenvalue weighted by atomic mass is 9.91. The van der Waals surface area contributed by atoms with Gasteiger partial charge in [-0.25, -0.2) is 14.4 Å². The second kappa shape index (κ2) is 6.97. The molecule has 1 aromatic carbocycles. The lowest BCUT2D eigenvalue weighted by Gasteiger charge is -2.31. The minimum absolute atomic E-state index is 0.0803. The van der Waals surface area contributed by atoms with Crippen LogP contribution in [0.5, 0.6) is 5.88 Å². The molecule has 0 unspecified atom stereocenters. The Bertz CT molecular complexity index is 1110. The number of fused-ring (bicyclic) bond motifs is 1. The van der Waals surface area contributed by atoms with Gasteiger partial charge in [-0.2, -0.15) is 5.10 Å². The predicted octanol–water partition coefficient (Wildman–Crippen LogP) is 1.71. The minimum Gasteiger partial charge on any atom is -0.480 e. The molecule has 0 radical (unpaired) electrons. The summed E-state index contributed by atoms with van der Waals surface area (Å²) in [5.74, 6) is -0.518. The van der Waals surface area contributed by atoms with Crippen LogP contribution in [0, 0.1) is 5.82 Å². The average molecular weight is 395 g/mol. The number of nitrogens with two attached hydrogens (primary N) is 1. The first kappa shape index (κ1) is 18.5. The molecule has 0 saturated carbocycles. The number of hydrogen-bond donors (Lipinski definition) is 2. The van der Waals surface area contributed by atoms with Crippen LogP contribution in [0.3, 0.4) is 0 Å². The van der Waals surface area contributed by atoms with Crippen molar-refractivity contribution in [1.29, 1.82) is 0 Å². The molecule has 10 heteroatoms. The van der Waals surface area contributed by atoms with E-state index < -0.39 is 17.3 Å². The summed E-state index contributed by atoms with van der Waals surface area (Å²) in [4.78, 5) is 24.9. The Morgan fingerprint density at radius 2 is 2.14 bits per heavy atom. The normalized spacial score (nSPS) is 18.0. The number of amides is 1. The molecule has 9 nitrogen and oxygen atoms in total. The van der Waals surface area contributed by atoms with E-state index in [4.69, 9.17) is 10.5 Å². The summed E-state index contributed by atoms with van der Waals surface area (Å²) in [6.07, 6.45) is 3.82. The molecular weight excluding hydrogens is 377 g/mol. The van der Waals surface area contributed by atoms with Gasteiger partial charge in [0.25, 0.3) is 5.91 Å². The standard InChI is InChI=1S/C19H18FN7O2/c1-19(10-27-16(17(21)26-19)13(20)7-24-27)11-4-3-5-12(6-11)25-18(28)14-8-23-15(29-2)9-22-14/h3-9H,10H2,1-2H3,(H2,21,26)(H,25,28)/t19-/m1/s1. The molecule has 1 amide bonds. The number of carbonyl (C=O) groups excluding carboxylic acids is 1. The first-order chi connectivity index (χ1) is 13.9. The van der Waals surface area contributed by atoms with E-state index in [1.54, 1.807) is 18.2 Å². The first-order valence-electron chi connectivity index (χ1n) is 8.74. The highest BCUT2D eigenvalue weighted by atomic mass is 19.1. The number of aromatic nitrogens is 4. The summed E-state index contributed by atoms with van der Waals surface area (Å²) in [6, 6.07) is 7.19. The maximum Gasteiger partial charge on any atom is 0.275 e. The van der Waals surface area contributed by atoms with Gasteiger partial charge < -0.3 is 15.8 Å². The van der Waals surface area contributed by atoms with Crippen molar-refractivity contribution in [2.75, 3.05) is 12.4 Å². The van der Waals surface area contributed by atoms with Gasteiger partial charge in [-0.1, -0.05) is 12.1 Å². The largest absolute Gasteiger partial charge is 0.480 e. The van der Waals surface area contributed by atoms with Gasteiger partial charge in [0.05, 0.1) is 32.2 Å². The van der Waals surface area contributed by atoms with Gasteiger partial charge >= 0.3 is 0 Å². The van der Waals surface area contributed by atoms with E-state index in [0.717, 1.165) is 11.8 Å². The van der Waals surface area contributed by atoms with Crippen LogP contribution < -0.4 is 15.8 Å². The van der Waals surface area contributed by atoms with Crippen molar-refractivity contribution in [3.63, 3.8) is 0 Å².